The van der Waals surface area contributed by atoms with Crippen molar-refractivity contribution in [2.24, 2.45) is 0 Å². The highest BCUT2D eigenvalue weighted by Gasteiger charge is 2.28. The molecule has 0 unspecified atom stereocenters. The lowest BCUT2D eigenvalue weighted by Crippen LogP contribution is -2.48. The fourth-order valence-corrected chi connectivity index (χ4v) is 4.43. The van der Waals surface area contributed by atoms with Gasteiger partial charge in [-0.15, -0.1) is 0 Å². The molecule has 0 bridgehead atoms. The molecule has 1 aromatic carbocycles. The Kier molecular flexibility index (Phi) is 7.91. The normalized spacial score (nSPS) is 17.5. The summed E-state index contributed by atoms with van der Waals surface area (Å²) < 4.78 is 25.6. The molecule has 0 aliphatic carbocycles. The molecule has 0 spiro atoms. The molecule has 9 heteroatoms. The highest BCUT2D eigenvalue weighted by molar-refractivity contribution is 7.92. The van der Waals surface area contributed by atoms with Crippen molar-refractivity contribution in [1.82, 2.24) is 15.1 Å². The molecule has 0 saturated carbocycles. The molecule has 1 heterocycles. The Bertz CT molecular complexity index is 719. The fourth-order valence-electron chi connectivity index (χ4n) is 3.13. The van der Waals surface area contributed by atoms with Crippen molar-refractivity contribution in [1.29, 1.82) is 0 Å². The highest BCUT2D eigenvalue weighted by Crippen LogP contribution is 2.22. The van der Waals surface area contributed by atoms with E-state index >= 15 is 0 Å². The third-order valence-corrected chi connectivity index (χ3v) is 6.21. The van der Waals surface area contributed by atoms with Gasteiger partial charge in [0.25, 0.3) is 0 Å². The maximum absolute atomic E-state index is 12.5. The first-order chi connectivity index (χ1) is 12.7. The standard InChI is InChI=1S/C18H29ClN4O3S/c1-15(23(27(3,25)26)17-7-5-16(19)6-8-17)18(24)20-9-4-10-22-13-11-21(2)12-14-22/h5-8,15H,4,9-14H2,1-3H3,(H,20,24)/t15-/m0/s1. The molecule has 1 aliphatic rings. The van der Waals surface area contributed by atoms with Crippen molar-refractivity contribution in [2.75, 3.05) is 56.9 Å². The minimum atomic E-state index is -3.61. The van der Waals surface area contributed by atoms with Gasteiger partial charge in [0.15, 0.2) is 0 Å². The van der Waals surface area contributed by atoms with E-state index in [-0.39, 0.29) is 5.91 Å². The molecule has 0 radical (unpaired) electrons. The monoisotopic (exact) mass is 416 g/mol. The van der Waals surface area contributed by atoms with Gasteiger partial charge in [-0.05, 0) is 51.2 Å². The molecule has 1 N–H and O–H groups in total. The number of rotatable bonds is 8. The van der Waals surface area contributed by atoms with Gasteiger partial charge in [0.1, 0.15) is 6.04 Å². The number of carbonyl (C=O) groups is 1. The third kappa shape index (κ3) is 6.64. The van der Waals surface area contributed by atoms with Crippen LogP contribution in [0.2, 0.25) is 5.02 Å². The van der Waals surface area contributed by atoms with Crippen LogP contribution in [0.25, 0.3) is 0 Å². The SMILES string of the molecule is C[C@@H](C(=O)NCCCN1CCN(C)CC1)N(c1ccc(Cl)cc1)S(C)(=O)=O. The number of carbonyl (C=O) groups excluding carboxylic acids is 1. The summed E-state index contributed by atoms with van der Waals surface area (Å²) in [6.07, 6.45) is 1.93. The van der Waals surface area contributed by atoms with Crippen LogP contribution in [0.3, 0.4) is 0 Å². The number of sulfonamides is 1. The van der Waals surface area contributed by atoms with E-state index in [1.807, 2.05) is 0 Å². The predicted molar refractivity (Wildman–Crippen MR) is 110 cm³/mol. The molecule has 0 aromatic heterocycles. The Morgan fingerprint density at radius 1 is 1.22 bits per heavy atom. The van der Waals surface area contributed by atoms with Crippen LogP contribution in [-0.2, 0) is 14.8 Å². The summed E-state index contributed by atoms with van der Waals surface area (Å²) in [4.78, 5) is 17.2. The zero-order valence-electron chi connectivity index (χ0n) is 16.2. The lowest BCUT2D eigenvalue weighted by Gasteiger charge is -2.32. The zero-order chi connectivity index (χ0) is 20.0. The van der Waals surface area contributed by atoms with E-state index in [4.69, 9.17) is 11.6 Å². The second-order valence-electron chi connectivity index (χ2n) is 7.00. The summed E-state index contributed by atoms with van der Waals surface area (Å²) in [6, 6.07) is 5.57. The molecule has 1 aromatic rings. The first-order valence-electron chi connectivity index (χ1n) is 9.12. The van der Waals surface area contributed by atoms with Crippen LogP contribution >= 0.6 is 11.6 Å². The van der Waals surface area contributed by atoms with Gasteiger partial charge >= 0.3 is 0 Å². The van der Waals surface area contributed by atoms with Gasteiger partial charge in [0.05, 0.1) is 11.9 Å². The first kappa shape index (κ1) is 21.9. The van der Waals surface area contributed by atoms with Crippen molar-refractivity contribution < 1.29 is 13.2 Å². The number of halogens is 1. The van der Waals surface area contributed by atoms with Crippen molar-refractivity contribution in [3.63, 3.8) is 0 Å². The second-order valence-corrected chi connectivity index (χ2v) is 9.30. The number of amides is 1. The average molecular weight is 417 g/mol. The maximum atomic E-state index is 12.5. The summed E-state index contributed by atoms with van der Waals surface area (Å²) in [5, 5.41) is 3.36. The topological polar surface area (TPSA) is 73.0 Å². The van der Waals surface area contributed by atoms with Gasteiger partial charge in [-0.2, -0.15) is 0 Å². The van der Waals surface area contributed by atoms with Crippen LogP contribution in [-0.4, -0.2) is 82.7 Å². The van der Waals surface area contributed by atoms with Gasteiger partial charge in [0.2, 0.25) is 15.9 Å². The lowest BCUT2D eigenvalue weighted by molar-refractivity contribution is -0.121. The number of likely N-dealkylation sites (N-methyl/N-ethyl adjacent to an activating group) is 1. The quantitative estimate of drug-likeness (QED) is 0.645. The van der Waals surface area contributed by atoms with E-state index in [1.54, 1.807) is 31.2 Å². The summed E-state index contributed by atoms with van der Waals surface area (Å²) in [6.45, 7) is 7.24. The number of hydrogen-bond donors (Lipinski definition) is 1. The Hall–Kier alpha value is -1.35. The molecular weight excluding hydrogens is 388 g/mol. The Balaban J connectivity index is 1.88. The van der Waals surface area contributed by atoms with E-state index in [1.165, 1.54) is 0 Å². The van der Waals surface area contributed by atoms with Crippen LogP contribution in [0.1, 0.15) is 13.3 Å². The largest absolute Gasteiger partial charge is 0.354 e. The first-order valence-corrected chi connectivity index (χ1v) is 11.3. The maximum Gasteiger partial charge on any atom is 0.243 e. The zero-order valence-corrected chi connectivity index (χ0v) is 17.8. The highest BCUT2D eigenvalue weighted by atomic mass is 35.5. The molecule has 1 saturated heterocycles. The van der Waals surface area contributed by atoms with Crippen LogP contribution in [0.15, 0.2) is 24.3 Å². The summed E-state index contributed by atoms with van der Waals surface area (Å²) >= 11 is 5.88. The minimum absolute atomic E-state index is 0.311. The molecule has 1 atom stereocenters. The van der Waals surface area contributed by atoms with E-state index in [0.29, 0.717) is 17.3 Å². The van der Waals surface area contributed by atoms with Crippen molar-refractivity contribution >= 4 is 33.2 Å². The molecular formula is C18H29ClN4O3S. The Morgan fingerprint density at radius 3 is 2.37 bits per heavy atom. The molecule has 1 aliphatic heterocycles. The number of benzene rings is 1. The smallest absolute Gasteiger partial charge is 0.243 e. The summed E-state index contributed by atoms with van der Waals surface area (Å²) in [5.74, 6) is -0.311. The van der Waals surface area contributed by atoms with E-state index in [9.17, 15) is 13.2 Å². The van der Waals surface area contributed by atoms with Crippen molar-refractivity contribution in [3.8, 4) is 0 Å². The fraction of sp³-hybridized carbons (Fsp3) is 0.611. The molecule has 2 rings (SSSR count). The van der Waals surface area contributed by atoms with E-state index in [0.717, 1.165) is 49.7 Å². The van der Waals surface area contributed by atoms with Crippen LogP contribution in [0.4, 0.5) is 5.69 Å². The number of nitrogens with one attached hydrogen (secondary N) is 1. The van der Waals surface area contributed by atoms with E-state index in [2.05, 4.69) is 22.2 Å². The van der Waals surface area contributed by atoms with Crippen LogP contribution in [0.5, 0.6) is 0 Å². The van der Waals surface area contributed by atoms with Gasteiger partial charge in [0, 0.05) is 37.7 Å². The summed E-state index contributed by atoms with van der Waals surface area (Å²) in [5.41, 5.74) is 0.419. The minimum Gasteiger partial charge on any atom is -0.354 e. The van der Waals surface area contributed by atoms with Gasteiger partial charge in [-0.1, -0.05) is 11.6 Å². The van der Waals surface area contributed by atoms with Gasteiger partial charge < -0.3 is 15.1 Å². The molecule has 152 valence electrons. The van der Waals surface area contributed by atoms with Crippen LogP contribution < -0.4 is 9.62 Å². The number of hydrogen-bond acceptors (Lipinski definition) is 5. The van der Waals surface area contributed by atoms with Gasteiger partial charge in [-0.3, -0.25) is 9.10 Å². The third-order valence-electron chi connectivity index (χ3n) is 4.72. The van der Waals surface area contributed by atoms with Gasteiger partial charge in [-0.25, -0.2) is 8.42 Å². The Labute approximate surface area is 167 Å². The number of piperazine rings is 1. The summed E-state index contributed by atoms with van der Waals surface area (Å²) in [7, 11) is -1.49. The molecule has 1 amide bonds. The average Bonchev–Trinajstić information content (AvgIpc) is 2.60. The van der Waals surface area contributed by atoms with E-state index < -0.39 is 16.1 Å². The molecule has 1 fully saturated rings. The second kappa shape index (κ2) is 9.73. The van der Waals surface area contributed by atoms with Crippen LogP contribution in [0, 0.1) is 0 Å². The number of nitrogens with zero attached hydrogens (tertiary/aromatic N) is 3. The predicted octanol–water partition coefficient (Wildman–Crippen LogP) is 1.25. The number of anilines is 1. The molecule has 7 nitrogen and oxygen atoms in total. The Morgan fingerprint density at radius 2 is 1.81 bits per heavy atom. The van der Waals surface area contributed by atoms with Crippen molar-refractivity contribution in [2.45, 2.75) is 19.4 Å². The molecule has 27 heavy (non-hydrogen) atoms. The van der Waals surface area contributed by atoms with Crippen molar-refractivity contribution in [3.05, 3.63) is 29.3 Å². The lowest BCUT2D eigenvalue weighted by atomic mass is 10.2.